The quantitative estimate of drug-likeness (QED) is 0.405. The van der Waals surface area contributed by atoms with Gasteiger partial charge in [-0.3, -0.25) is 9.59 Å². The maximum absolute atomic E-state index is 14.4. The molecule has 1 aromatic heterocycles. The molecule has 3 amide bonds. The summed E-state index contributed by atoms with van der Waals surface area (Å²) in [7, 11) is 1.66. The molecule has 0 spiro atoms. The van der Waals surface area contributed by atoms with Crippen LogP contribution in [0.15, 0.2) is 6.20 Å². The molecule has 2 saturated heterocycles. The highest BCUT2D eigenvalue weighted by molar-refractivity contribution is 5.98. The molecule has 0 aliphatic carbocycles. The number of aromatic nitrogens is 2. The molecule has 0 bridgehead atoms. The van der Waals surface area contributed by atoms with Crippen molar-refractivity contribution >= 4 is 23.7 Å². The number of piperidine rings is 1. The van der Waals surface area contributed by atoms with Gasteiger partial charge in [0.05, 0.1) is 12.0 Å². The van der Waals surface area contributed by atoms with Gasteiger partial charge in [0.15, 0.2) is 0 Å². The van der Waals surface area contributed by atoms with Crippen molar-refractivity contribution in [1.29, 1.82) is 0 Å². The second-order valence-electron chi connectivity index (χ2n) is 14.0. The highest BCUT2D eigenvalue weighted by Crippen LogP contribution is 2.29. The molecule has 1 N–H and O–H groups in total. The van der Waals surface area contributed by atoms with E-state index in [4.69, 9.17) is 14.5 Å². The Morgan fingerprint density at radius 1 is 1.10 bits per heavy atom. The van der Waals surface area contributed by atoms with Gasteiger partial charge in [0.2, 0.25) is 5.91 Å². The average molecular weight is 589 g/mol. The summed E-state index contributed by atoms with van der Waals surface area (Å²) < 4.78 is 10.9. The molecule has 0 aromatic carbocycles. The van der Waals surface area contributed by atoms with E-state index in [0.29, 0.717) is 43.3 Å². The van der Waals surface area contributed by atoms with Gasteiger partial charge in [-0.2, -0.15) is 0 Å². The van der Waals surface area contributed by atoms with Gasteiger partial charge in [0, 0.05) is 64.6 Å². The number of hydrogen-bond acceptors (Lipinski definition) is 8. The molecule has 236 valence electrons. The molecule has 0 unspecified atom stereocenters. The van der Waals surface area contributed by atoms with Crippen molar-refractivity contribution in [2.75, 3.05) is 58.3 Å². The number of hydrogen-bond donors (Lipinski definition) is 1. The van der Waals surface area contributed by atoms with Crippen LogP contribution in [0.2, 0.25) is 0 Å². The minimum absolute atomic E-state index is 0.0369. The summed E-state index contributed by atoms with van der Waals surface area (Å²) in [5.41, 5.74) is -0.602. The summed E-state index contributed by atoms with van der Waals surface area (Å²) in [6.07, 6.45) is 3.36. The standard InChI is InChI=1S/C31H52N6O5/c1-21(2)18-37(27(39)24-17-33-28(30(3,4)5)34-25(24)32-12-10-15-41-9)23-16-22(26(38)35-13-11-14-35)19-36(20-23)29(40)42-31(6,7)8/h17,21-23H,10-16,18-20H2,1-9H3,(H,32,33,34)/t22-,23+/m1/s1. The van der Waals surface area contributed by atoms with Crippen molar-refractivity contribution in [3.63, 3.8) is 0 Å². The lowest BCUT2D eigenvalue weighted by Crippen LogP contribution is -2.59. The SMILES string of the molecule is COCCCNc1nc(C(C)(C)C)ncc1C(=O)N(CC(C)C)[C@H]1C[C@@H](C(=O)N2CCC2)CN(C(=O)OC(C)(C)C)C1. The smallest absolute Gasteiger partial charge is 0.410 e. The lowest BCUT2D eigenvalue weighted by Gasteiger charge is -2.45. The van der Waals surface area contributed by atoms with E-state index < -0.39 is 17.6 Å². The van der Waals surface area contributed by atoms with Crippen molar-refractivity contribution < 1.29 is 23.9 Å². The number of nitrogens with one attached hydrogen (secondary N) is 1. The first-order valence-electron chi connectivity index (χ1n) is 15.3. The lowest BCUT2D eigenvalue weighted by molar-refractivity contribution is -0.141. The number of anilines is 1. The van der Waals surface area contributed by atoms with Crippen LogP contribution in [0.3, 0.4) is 0 Å². The van der Waals surface area contributed by atoms with Crippen LogP contribution in [0.1, 0.15) is 90.8 Å². The van der Waals surface area contributed by atoms with Crippen molar-refractivity contribution in [3.8, 4) is 0 Å². The summed E-state index contributed by atoms with van der Waals surface area (Å²) in [6, 6.07) is -0.375. The first-order valence-corrected chi connectivity index (χ1v) is 15.3. The summed E-state index contributed by atoms with van der Waals surface area (Å²) in [4.78, 5) is 55.7. The van der Waals surface area contributed by atoms with Crippen molar-refractivity contribution in [2.45, 2.75) is 91.7 Å². The second kappa shape index (κ2) is 14.0. The minimum Gasteiger partial charge on any atom is -0.444 e. The third-order valence-corrected chi connectivity index (χ3v) is 7.37. The van der Waals surface area contributed by atoms with Crippen molar-refractivity contribution in [1.82, 2.24) is 24.7 Å². The number of methoxy groups -OCH3 is 1. The first kappa shape index (κ1) is 33.6. The van der Waals surface area contributed by atoms with Gasteiger partial charge < -0.3 is 29.5 Å². The molecule has 1 aromatic rings. The van der Waals surface area contributed by atoms with Crippen LogP contribution >= 0.6 is 0 Å². The molecule has 2 atom stereocenters. The van der Waals surface area contributed by atoms with Gasteiger partial charge in [-0.05, 0) is 46.0 Å². The molecule has 42 heavy (non-hydrogen) atoms. The number of likely N-dealkylation sites (tertiary alicyclic amines) is 2. The van der Waals surface area contributed by atoms with E-state index >= 15 is 0 Å². The zero-order valence-corrected chi connectivity index (χ0v) is 27.2. The van der Waals surface area contributed by atoms with Crippen LogP contribution in [-0.2, 0) is 19.7 Å². The highest BCUT2D eigenvalue weighted by atomic mass is 16.6. The van der Waals surface area contributed by atoms with Gasteiger partial charge >= 0.3 is 6.09 Å². The Bertz CT molecular complexity index is 1090. The number of carbonyl (C=O) groups is 3. The number of nitrogens with zero attached hydrogens (tertiary/aromatic N) is 5. The molecule has 0 radical (unpaired) electrons. The Balaban J connectivity index is 1.97. The average Bonchev–Trinajstić information content (AvgIpc) is 2.86. The minimum atomic E-state index is -0.677. The van der Waals surface area contributed by atoms with Crippen LogP contribution in [-0.4, -0.2) is 107 Å². The van der Waals surface area contributed by atoms with Gasteiger partial charge in [0.25, 0.3) is 5.91 Å². The van der Waals surface area contributed by atoms with E-state index in [-0.39, 0.29) is 42.3 Å². The number of ether oxygens (including phenoxy) is 2. The van der Waals surface area contributed by atoms with Crippen LogP contribution in [0, 0.1) is 11.8 Å². The fourth-order valence-corrected chi connectivity index (χ4v) is 5.15. The first-order chi connectivity index (χ1) is 19.6. The third-order valence-electron chi connectivity index (χ3n) is 7.37. The van der Waals surface area contributed by atoms with Crippen molar-refractivity contribution in [3.05, 3.63) is 17.6 Å². The van der Waals surface area contributed by atoms with Gasteiger partial charge in [-0.15, -0.1) is 0 Å². The van der Waals surface area contributed by atoms with Crippen LogP contribution in [0.4, 0.5) is 10.6 Å². The predicted molar refractivity (Wildman–Crippen MR) is 162 cm³/mol. The number of carbonyl (C=O) groups excluding carboxylic acids is 3. The molecule has 2 aliphatic rings. The van der Waals surface area contributed by atoms with Crippen molar-refractivity contribution in [2.24, 2.45) is 11.8 Å². The molecule has 3 rings (SSSR count). The summed E-state index contributed by atoms with van der Waals surface area (Å²) in [5, 5.41) is 3.34. The summed E-state index contributed by atoms with van der Waals surface area (Å²) in [5.74, 6) is 0.684. The number of rotatable bonds is 10. The van der Waals surface area contributed by atoms with Crippen LogP contribution in [0.25, 0.3) is 0 Å². The largest absolute Gasteiger partial charge is 0.444 e. The molecule has 3 heterocycles. The Morgan fingerprint density at radius 3 is 2.33 bits per heavy atom. The van der Waals surface area contributed by atoms with Gasteiger partial charge in [0.1, 0.15) is 22.8 Å². The molecular formula is C31H52N6O5. The normalized spacial score (nSPS) is 19.4. The molecule has 2 aliphatic heterocycles. The lowest BCUT2D eigenvalue weighted by atomic mass is 9.90. The predicted octanol–water partition coefficient (Wildman–Crippen LogP) is 4.18. The van der Waals surface area contributed by atoms with Crippen LogP contribution in [0.5, 0.6) is 0 Å². The Kier molecular flexibility index (Phi) is 11.2. The topological polar surface area (TPSA) is 117 Å². The maximum Gasteiger partial charge on any atom is 0.410 e. The second-order valence-corrected chi connectivity index (χ2v) is 14.0. The fourth-order valence-electron chi connectivity index (χ4n) is 5.15. The monoisotopic (exact) mass is 588 g/mol. The number of amides is 3. The molecule has 0 saturated carbocycles. The molecule has 11 nitrogen and oxygen atoms in total. The van der Waals surface area contributed by atoms with E-state index in [1.54, 1.807) is 18.2 Å². The molecule has 2 fully saturated rings. The Morgan fingerprint density at radius 2 is 1.79 bits per heavy atom. The molecular weight excluding hydrogens is 536 g/mol. The highest BCUT2D eigenvalue weighted by Gasteiger charge is 2.42. The summed E-state index contributed by atoms with van der Waals surface area (Å²) in [6.45, 7) is 19.3. The van der Waals surface area contributed by atoms with Gasteiger partial charge in [-0.25, -0.2) is 14.8 Å². The Labute approximate surface area is 251 Å². The van der Waals surface area contributed by atoms with E-state index in [1.807, 2.05) is 51.3 Å². The molecule has 11 heteroatoms. The van der Waals surface area contributed by atoms with E-state index in [9.17, 15) is 14.4 Å². The fraction of sp³-hybridized carbons (Fsp3) is 0.774. The van der Waals surface area contributed by atoms with E-state index in [1.165, 1.54) is 0 Å². The van der Waals surface area contributed by atoms with Gasteiger partial charge in [-0.1, -0.05) is 34.6 Å². The van der Waals surface area contributed by atoms with E-state index in [2.05, 4.69) is 24.1 Å². The van der Waals surface area contributed by atoms with E-state index in [0.717, 1.165) is 25.9 Å². The third kappa shape index (κ3) is 9.02. The van der Waals surface area contributed by atoms with Crippen LogP contribution < -0.4 is 5.32 Å². The zero-order valence-electron chi connectivity index (χ0n) is 27.2. The maximum atomic E-state index is 14.4. The zero-order chi connectivity index (χ0) is 31.2. The Hall–Kier alpha value is -2.95. The summed E-state index contributed by atoms with van der Waals surface area (Å²) >= 11 is 0.